The molecule has 4 rings (SSSR count). The average molecular weight is 532 g/mol. The van der Waals surface area contributed by atoms with E-state index in [1.807, 2.05) is 45.0 Å². The van der Waals surface area contributed by atoms with Crippen molar-refractivity contribution >= 4 is 28.5 Å². The number of carbonyl (C=O) groups is 2. The molecule has 0 fully saturated rings. The molecule has 3 aromatic carbocycles. The zero-order valence-electron chi connectivity index (χ0n) is 22.7. The number of hydrogen-bond acceptors (Lipinski definition) is 7. The number of carbonyl (C=O) groups excluding carboxylic acids is 2. The van der Waals surface area contributed by atoms with Gasteiger partial charge < -0.3 is 19.9 Å². The van der Waals surface area contributed by atoms with Crippen LogP contribution in [0.5, 0.6) is 17.2 Å². The van der Waals surface area contributed by atoms with Gasteiger partial charge in [0.25, 0.3) is 0 Å². The average Bonchev–Trinajstić information content (AvgIpc) is 3.34. The zero-order chi connectivity index (χ0) is 28.2. The molecule has 0 aliphatic rings. The smallest absolute Gasteiger partial charge is 0.249 e. The number of phenolic OH excluding ortho intramolecular Hbond substituents is 1. The van der Waals surface area contributed by atoms with Gasteiger partial charge in [-0.05, 0) is 62.2 Å². The number of hydrogen-bond donors (Lipinski definition) is 2. The number of phenols is 1. The van der Waals surface area contributed by atoms with Gasteiger partial charge >= 0.3 is 0 Å². The number of anilines is 1. The Labute approximate surface area is 227 Å². The summed E-state index contributed by atoms with van der Waals surface area (Å²) >= 11 is 0. The van der Waals surface area contributed by atoms with Gasteiger partial charge in [-0.25, -0.2) is 4.68 Å². The molecule has 0 radical (unpaired) electrons. The molecule has 10 nitrogen and oxygen atoms in total. The van der Waals surface area contributed by atoms with Gasteiger partial charge in [-0.15, -0.1) is 5.10 Å². The van der Waals surface area contributed by atoms with Gasteiger partial charge in [0.15, 0.2) is 0 Å². The fourth-order valence-electron chi connectivity index (χ4n) is 4.21. The van der Waals surface area contributed by atoms with Crippen LogP contribution in [0.1, 0.15) is 38.8 Å². The van der Waals surface area contributed by atoms with Crippen LogP contribution in [-0.2, 0) is 16.1 Å². The molecule has 0 aliphatic heterocycles. The molecule has 10 heteroatoms. The summed E-state index contributed by atoms with van der Waals surface area (Å²) in [6, 6.07) is 17.5. The normalized spacial score (nSPS) is 12.1. The molecule has 0 spiro atoms. The van der Waals surface area contributed by atoms with Crippen LogP contribution in [0.2, 0.25) is 0 Å². The van der Waals surface area contributed by atoms with Gasteiger partial charge in [-0.2, -0.15) is 0 Å². The van der Waals surface area contributed by atoms with E-state index in [2.05, 4.69) is 15.6 Å². The molecular weight excluding hydrogens is 498 g/mol. The number of ether oxygens (including phenoxy) is 2. The van der Waals surface area contributed by atoms with Gasteiger partial charge in [-0.3, -0.25) is 14.5 Å². The Morgan fingerprint density at radius 3 is 2.44 bits per heavy atom. The minimum Gasteiger partial charge on any atom is -0.508 e. The Bertz CT molecular complexity index is 1460. The van der Waals surface area contributed by atoms with Gasteiger partial charge in [0.05, 0.1) is 25.4 Å². The fourth-order valence-corrected chi connectivity index (χ4v) is 4.21. The molecule has 204 valence electrons. The topological polar surface area (TPSA) is 119 Å². The van der Waals surface area contributed by atoms with Crippen molar-refractivity contribution < 1.29 is 24.2 Å². The molecule has 1 heterocycles. The second-order valence-corrected chi connectivity index (χ2v) is 9.76. The van der Waals surface area contributed by atoms with Crippen molar-refractivity contribution in [3.05, 3.63) is 72.3 Å². The van der Waals surface area contributed by atoms with E-state index in [1.165, 1.54) is 35.9 Å². The van der Waals surface area contributed by atoms with E-state index < -0.39 is 23.4 Å². The Balaban J connectivity index is 1.90. The lowest BCUT2D eigenvalue weighted by atomic mass is 9.98. The lowest BCUT2D eigenvalue weighted by Gasteiger charge is -2.35. The molecule has 1 aromatic heterocycles. The van der Waals surface area contributed by atoms with E-state index in [-0.39, 0.29) is 12.3 Å². The molecule has 0 bridgehead atoms. The number of rotatable bonds is 10. The molecular formula is C29H33N5O5. The Hall–Kier alpha value is -4.60. The van der Waals surface area contributed by atoms with E-state index in [0.29, 0.717) is 40.2 Å². The van der Waals surface area contributed by atoms with Gasteiger partial charge in [0.1, 0.15) is 35.4 Å². The van der Waals surface area contributed by atoms with Crippen LogP contribution in [0.15, 0.2) is 66.7 Å². The van der Waals surface area contributed by atoms with Gasteiger partial charge in [-0.1, -0.05) is 36.4 Å². The highest BCUT2D eigenvalue weighted by molar-refractivity contribution is 6.03. The van der Waals surface area contributed by atoms with Gasteiger partial charge in [0.2, 0.25) is 11.8 Å². The summed E-state index contributed by atoms with van der Waals surface area (Å²) in [4.78, 5) is 29.7. The first kappa shape index (κ1) is 27.4. The highest BCUT2D eigenvalue weighted by atomic mass is 16.5. The van der Waals surface area contributed by atoms with Crippen LogP contribution in [0.3, 0.4) is 0 Å². The number of para-hydroxylation sites is 1. The number of aromatic hydroxyl groups is 1. The third-order valence-corrected chi connectivity index (χ3v) is 6.68. The van der Waals surface area contributed by atoms with Crippen LogP contribution in [0, 0.1) is 0 Å². The Morgan fingerprint density at radius 1 is 1.05 bits per heavy atom. The maximum atomic E-state index is 14.3. The second kappa shape index (κ2) is 11.4. The summed E-state index contributed by atoms with van der Waals surface area (Å²) in [6.45, 7) is 5.61. The monoisotopic (exact) mass is 531 g/mol. The zero-order valence-corrected chi connectivity index (χ0v) is 22.7. The molecule has 0 unspecified atom stereocenters. The van der Waals surface area contributed by atoms with Gasteiger partial charge in [0, 0.05) is 11.6 Å². The van der Waals surface area contributed by atoms with Crippen LogP contribution in [0.25, 0.3) is 11.0 Å². The number of fused-ring (bicyclic) bond motifs is 1. The lowest BCUT2D eigenvalue weighted by molar-refractivity contribution is -0.128. The van der Waals surface area contributed by atoms with Crippen molar-refractivity contribution in [3.8, 4) is 17.2 Å². The predicted molar refractivity (Wildman–Crippen MR) is 148 cm³/mol. The number of amides is 2. The third-order valence-electron chi connectivity index (χ3n) is 6.68. The summed E-state index contributed by atoms with van der Waals surface area (Å²) in [7, 11) is 3.02. The van der Waals surface area contributed by atoms with E-state index in [1.54, 1.807) is 30.3 Å². The number of nitrogens with one attached hydrogen (secondary N) is 1. The quantitative estimate of drug-likeness (QED) is 0.314. The number of benzene rings is 3. The molecule has 2 N–H and O–H groups in total. The first-order valence-corrected chi connectivity index (χ1v) is 12.6. The van der Waals surface area contributed by atoms with E-state index >= 15 is 0 Å². The van der Waals surface area contributed by atoms with Crippen molar-refractivity contribution in [1.29, 1.82) is 0 Å². The number of aromatic nitrogens is 3. The van der Waals surface area contributed by atoms with Crippen molar-refractivity contribution in [2.75, 3.05) is 19.1 Å². The number of methoxy groups -OCH3 is 2. The third kappa shape index (κ3) is 5.95. The molecule has 2 amide bonds. The van der Waals surface area contributed by atoms with Crippen LogP contribution in [-0.4, -0.2) is 51.7 Å². The molecule has 1 atom stereocenters. The largest absolute Gasteiger partial charge is 0.508 e. The molecule has 0 saturated carbocycles. The lowest BCUT2D eigenvalue weighted by Crippen LogP contribution is -2.51. The summed E-state index contributed by atoms with van der Waals surface area (Å²) in [5, 5.41) is 21.4. The molecule has 39 heavy (non-hydrogen) atoms. The van der Waals surface area contributed by atoms with E-state index in [4.69, 9.17) is 9.47 Å². The molecule has 0 saturated heterocycles. The van der Waals surface area contributed by atoms with Crippen LogP contribution in [0.4, 0.5) is 5.69 Å². The molecule has 0 aliphatic carbocycles. The van der Waals surface area contributed by atoms with Crippen LogP contribution < -0.4 is 19.7 Å². The maximum Gasteiger partial charge on any atom is 0.249 e. The van der Waals surface area contributed by atoms with E-state index in [9.17, 15) is 14.7 Å². The minimum atomic E-state index is -1.11. The van der Waals surface area contributed by atoms with Crippen LogP contribution >= 0.6 is 0 Å². The minimum absolute atomic E-state index is 0.0396. The molecule has 4 aromatic rings. The van der Waals surface area contributed by atoms with Crippen molar-refractivity contribution in [1.82, 2.24) is 20.3 Å². The van der Waals surface area contributed by atoms with Crippen molar-refractivity contribution in [2.45, 2.75) is 45.3 Å². The summed E-state index contributed by atoms with van der Waals surface area (Å²) in [6.07, 6.45) is 0.669. The second-order valence-electron chi connectivity index (χ2n) is 9.76. The summed E-state index contributed by atoms with van der Waals surface area (Å²) in [5.74, 6) is 0.0687. The highest BCUT2D eigenvalue weighted by Crippen LogP contribution is 2.38. The highest BCUT2D eigenvalue weighted by Gasteiger charge is 2.37. The first-order chi connectivity index (χ1) is 18.7. The SMILES string of the molecule is CCC(C)(C)NC(=O)[C@@H](c1ccc(O)cc1)N(C(=O)Cn1nnc2ccccc21)c1cc(OC)ccc1OC. The summed E-state index contributed by atoms with van der Waals surface area (Å²) in [5.41, 5.74) is 1.63. The van der Waals surface area contributed by atoms with E-state index in [0.717, 1.165) is 0 Å². The first-order valence-electron chi connectivity index (χ1n) is 12.6. The summed E-state index contributed by atoms with van der Waals surface area (Å²) < 4.78 is 12.6. The standard InChI is InChI=1S/C29H33N5O5/c1-6-29(2,3)30-28(37)27(19-11-13-20(35)14-12-19)34(24-17-21(38-4)15-16-25(24)39-5)26(36)18-33-23-10-8-7-9-22(23)31-32-33/h7-17,27,35H,6,18H2,1-5H3,(H,30,37)/t27-/m1/s1. The Morgan fingerprint density at radius 2 is 1.77 bits per heavy atom. The Kier molecular flexibility index (Phi) is 8.04. The van der Waals surface area contributed by atoms with Crippen molar-refractivity contribution in [3.63, 3.8) is 0 Å². The predicted octanol–water partition coefficient (Wildman–Crippen LogP) is 4.23. The number of nitrogens with zero attached hydrogens (tertiary/aromatic N) is 4. The fraction of sp³-hybridized carbons (Fsp3) is 0.310. The maximum absolute atomic E-state index is 14.3. The van der Waals surface area contributed by atoms with Crippen molar-refractivity contribution in [2.24, 2.45) is 0 Å².